The molecule has 0 N–H and O–H groups in total. The van der Waals surface area contributed by atoms with E-state index >= 15 is 0 Å². The van der Waals surface area contributed by atoms with Gasteiger partial charge in [-0.2, -0.15) is 0 Å². The molecule has 0 spiro atoms. The zero-order valence-corrected chi connectivity index (χ0v) is 25.7. The minimum Gasteiger partial charge on any atom is -0.456 e. The van der Waals surface area contributed by atoms with Crippen LogP contribution in [0.5, 0.6) is 0 Å². The number of hydrogen-bond donors (Lipinski definition) is 0. The van der Waals surface area contributed by atoms with Gasteiger partial charge < -0.3 is 14.2 Å². The van der Waals surface area contributed by atoms with E-state index in [1.807, 2.05) is 23.5 Å². The van der Waals surface area contributed by atoms with Crippen LogP contribution < -0.4 is 9.80 Å². The van der Waals surface area contributed by atoms with Crippen molar-refractivity contribution in [2.75, 3.05) is 9.80 Å². The van der Waals surface area contributed by atoms with Crippen molar-refractivity contribution in [2.45, 2.75) is 0 Å². The van der Waals surface area contributed by atoms with E-state index in [-0.39, 0.29) is 0 Å². The molecular formula is C42H28N2OS. The molecule has 218 valence electrons. The van der Waals surface area contributed by atoms with Gasteiger partial charge in [0.25, 0.3) is 0 Å². The van der Waals surface area contributed by atoms with Crippen LogP contribution in [0.25, 0.3) is 42.1 Å². The van der Waals surface area contributed by atoms with E-state index in [4.69, 9.17) is 4.42 Å². The first-order valence-electron chi connectivity index (χ1n) is 15.4. The molecule has 4 heteroatoms. The Hall–Kier alpha value is -5.84. The van der Waals surface area contributed by atoms with Crippen LogP contribution >= 0.6 is 11.3 Å². The maximum Gasteiger partial charge on any atom is 0.135 e. The topological polar surface area (TPSA) is 19.6 Å². The van der Waals surface area contributed by atoms with Crippen LogP contribution in [0.1, 0.15) is 0 Å². The van der Waals surface area contributed by atoms with E-state index in [0.717, 1.165) is 56.1 Å². The zero-order chi connectivity index (χ0) is 30.5. The summed E-state index contributed by atoms with van der Waals surface area (Å²) in [6.45, 7) is 0. The number of thiophene rings is 1. The quantitative estimate of drug-likeness (QED) is 0.187. The number of hydrogen-bond acceptors (Lipinski definition) is 4. The van der Waals surface area contributed by atoms with Crippen molar-refractivity contribution < 1.29 is 4.42 Å². The van der Waals surface area contributed by atoms with Crippen molar-refractivity contribution >= 4 is 87.6 Å². The molecule has 2 heterocycles. The maximum absolute atomic E-state index is 6.16. The number of rotatable bonds is 6. The molecule has 9 aromatic rings. The molecule has 0 atom stereocenters. The first kappa shape index (κ1) is 26.6. The lowest BCUT2D eigenvalue weighted by Crippen LogP contribution is -2.09. The average molecular weight is 609 g/mol. The van der Waals surface area contributed by atoms with E-state index in [9.17, 15) is 0 Å². The predicted octanol–water partition coefficient (Wildman–Crippen LogP) is 12.9. The molecule has 0 aliphatic heterocycles. The van der Waals surface area contributed by atoms with Gasteiger partial charge in [0, 0.05) is 65.1 Å². The second-order valence-electron chi connectivity index (χ2n) is 11.4. The fourth-order valence-electron chi connectivity index (χ4n) is 6.51. The molecular weight excluding hydrogens is 581 g/mol. The molecule has 0 aliphatic rings. The van der Waals surface area contributed by atoms with E-state index < -0.39 is 0 Å². The number of benzene rings is 7. The third-order valence-corrected chi connectivity index (χ3v) is 9.75. The largest absolute Gasteiger partial charge is 0.456 e. The van der Waals surface area contributed by atoms with Crippen LogP contribution in [-0.4, -0.2) is 0 Å². The van der Waals surface area contributed by atoms with Gasteiger partial charge in [0.05, 0.1) is 0 Å². The fourth-order valence-corrected chi connectivity index (χ4v) is 7.63. The molecule has 0 unspecified atom stereocenters. The molecule has 0 aliphatic carbocycles. The third-order valence-electron chi connectivity index (χ3n) is 8.62. The first-order valence-corrected chi connectivity index (χ1v) is 16.2. The van der Waals surface area contributed by atoms with E-state index in [1.165, 1.54) is 20.2 Å². The van der Waals surface area contributed by atoms with Crippen molar-refractivity contribution in [1.29, 1.82) is 0 Å². The lowest BCUT2D eigenvalue weighted by atomic mass is 10.1. The van der Waals surface area contributed by atoms with Crippen LogP contribution in [0.4, 0.5) is 34.1 Å². The molecule has 0 fully saturated rings. The fraction of sp³-hybridized carbons (Fsp3) is 0. The molecule has 0 bridgehead atoms. The van der Waals surface area contributed by atoms with Gasteiger partial charge in [0.15, 0.2) is 0 Å². The first-order chi connectivity index (χ1) is 22.8. The molecule has 0 amide bonds. The summed E-state index contributed by atoms with van der Waals surface area (Å²) in [6.07, 6.45) is 0. The van der Waals surface area contributed by atoms with E-state index in [0.29, 0.717) is 0 Å². The summed E-state index contributed by atoms with van der Waals surface area (Å²) < 4.78 is 8.69. The zero-order valence-electron chi connectivity index (χ0n) is 24.9. The monoisotopic (exact) mass is 608 g/mol. The minimum absolute atomic E-state index is 0.896. The van der Waals surface area contributed by atoms with E-state index in [2.05, 4.69) is 168 Å². The Kier molecular flexibility index (Phi) is 6.32. The number of para-hydroxylation sites is 4. The summed E-state index contributed by atoms with van der Waals surface area (Å²) in [5.41, 5.74) is 8.53. The number of furan rings is 1. The summed E-state index contributed by atoms with van der Waals surface area (Å²) in [6, 6.07) is 60.2. The highest BCUT2D eigenvalue weighted by molar-refractivity contribution is 7.25. The molecule has 3 nitrogen and oxygen atoms in total. The lowest BCUT2D eigenvalue weighted by Gasteiger charge is -2.26. The Balaban J connectivity index is 1.18. The standard InChI is InChI=1S/C42H28N2OS/c1-4-12-29(13-5-1)43(30-14-6-2-7-15-30)34-20-23-36-38-27-33(22-25-41(38)46-42(36)28-34)44(31-16-8-3-9-17-31)32-21-24-40-37(26-32)35-18-10-11-19-39(35)45-40/h1-28H. The molecule has 2 aromatic heterocycles. The Morgan fingerprint density at radius 2 is 0.826 bits per heavy atom. The SMILES string of the molecule is c1ccc(N(c2ccccc2)c2ccc3c(c2)sc2ccc(N(c4ccccc4)c4ccc5oc6ccccc6c5c4)cc23)cc1. The highest BCUT2D eigenvalue weighted by Crippen LogP contribution is 2.44. The number of anilines is 6. The minimum atomic E-state index is 0.896. The Morgan fingerprint density at radius 3 is 1.50 bits per heavy atom. The van der Waals surface area contributed by atoms with Gasteiger partial charge in [-0.3, -0.25) is 0 Å². The predicted molar refractivity (Wildman–Crippen MR) is 196 cm³/mol. The van der Waals surface area contributed by atoms with Crippen molar-refractivity contribution in [3.63, 3.8) is 0 Å². The van der Waals surface area contributed by atoms with Gasteiger partial charge >= 0.3 is 0 Å². The van der Waals surface area contributed by atoms with Crippen molar-refractivity contribution in [1.82, 2.24) is 0 Å². The summed E-state index contributed by atoms with van der Waals surface area (Å²) in [5, 5.41) is 4.76. The molecule has 0 saturated carbocycles. The van der Waals surface area contributed by atoms with Gasteiger partial charge in [-0.15, -0.1) is 11.3 Å². The highest BCUT2D eigenvalue weighted by atomic mass is 32.1. The van der Waals surface area contributed by atoms with Crippen LogP contribution in [-0.2, 0) is 0 Å². The Bertz CT molecular complexity index is 2440. The van der Waals surface area contributed by atoms with Crippen LogP contribution in [0, 0.1) is 0 Å². The molecule has 7 aromatic carbocycles. The van der Waals surface area contributed by atoms with Gasteiger partial charge in [0.2, 0.25) is 0 Å². The second kappa shape index (κ2) is 11.0. The normalized spacial score (nSPS) is 11.5. The van der Waals surface area contributed by atoms with Gasteiger partial charge in [0.1, 0.15) is 11.2 Å². The molecule has 0 radical (unpaired) electrons. The number of nitrogens with zero attached hydrogens (tertiary/aromatic N) is 2. The third kappa shape index (κ3) is 4.50. The highest BCUT2D eigenvalue weighted by Gasteiger charge is 2.18. The Labute approximate surface area is 270 Å². The smallest absolute Gasteiger partial charge is 0.135 e. The van der Waals surface area contributed by atoms with Crippen molar-refractivity contribution in [3.8, 4) is 0 Å². The Morgan fingerprint density at radius 1 is 0.326 bits per heavy atom. The van der Waals surface area contributed by atoms with Crippen LogP contribution in [0.2, 0.25) is 0 Å². The van der Waals surface area contributed by atoms with Gasteiger partial charge in [-0.1, -0.05) is 78.9 Å². The molecule has 9 rings (SSSR count). The summed E-state index contributed by atoms with van der Waals surface area (Å²) in [4.78, 5) is 4.66. The van der Waals surface area contributed by atoms with E-state index in [1.54, 1.807) is 0 Å². The summed E-state index contributed by atoms with van der Waals surface area (Å²) in [5.74, 6) is 0. The van der Waals surface area contributed by atoms with Crippen LogP contribution in [0.15, 0.2) is 174 Å². The maximum atomic E-state index is 6.16. The molecule has 46 heavy (non-hydrogen) atoms. The van der Waals surface area contributed by atoms with Gasteiger partial charge in [-0.05, 0) is 91.0 Å². The lowest BCUT2D eigenvalue weighted by molar-refractivity contribution is 0.669. The molecule has 0 saturated heterocycles. The van der Waals surface area contributed by atoms with Crippen molar-refractivity contribution in [2.24, 2.45) is 0 Å². The summed E-state index contributed by atoms with van der Waals surface area (Å²) >= 11 is 1.84. The van der Waals surface area contributed by atoms with Gasteiger partial charge in [-0.25, -0.2) is 0 Å². The number of fused-ring (bicyclic) bond motifs is 6. The average Bonchev–Trinajstić information content (AvgIpc) is 3.67. The van der Waals surface area contributed by atoms with Crippen LogP contribution in [0.3, 0.4) is 0 Å². The summed E-state index contributed by atoms with van der Waals surface area (Å²) in [7, 11) is 0. The van der Waals surface area contributed by atoms with Crippen molar-refractivity contribution in [3.05, 3.63) is 170 Å². The second-order valence-corrected chi connectivity index (χ2v) is 12.5.